The number of benzene rings is 2. The van der Waals surface area contributed by atoms with Crippen LogP contribution in [-0.4, -0.2) is 28.2 Å². The summed E-state index contributed by atoms with van der Waals surface area (Å²) >= 11 is 2.72. The average molecular weight is 326 g/mol. The molecule has 0 aliphatic rings. The van der Waals surface area contributed by atoms with Crippen LogP contribution in [0.2, 0.25) is 4.28 Å². The summed E-state index contributed by atoms with van der Waals surface area (Å²) in [4.78, 5) is 20.2. The minimum atomic E-state index is -1.13. The molecule has 23 heavy (non-hydrogen) atoms. The molecular weight excluding hydrogens is 307 g/mol. The van der Waals surface area contributed by atoms with Crippen molar-refractivity contribution in [3.63, 3.8) is 0 Å². The number of carbonyl (C=O) groups excluding carboxylic acids is 2. The maximum Gasteiger partial charge on any atom is 0.0715 e. The van der Waals surface area contributed by atoms with E-state index in [1.54, 1.807) is 36.4 Å². The first kappa shape index (κ1) is 20.9. The molecule has 0 aliphatic carbocycles. The van der Waals surface area contributed by atoms with Gasteiger partial charge in [-0.1, -0.05) is 60.7 Å². The number of carboxylic acids is 2. The maximum atomic E-state index is 10.1. The molecule has 0 bridgehead atoms. The van der Waals surface area contributed by atoms with Crippen LogP contribution >= 0.6 is 0 Å². The van der Waals surface area contributed by atoms with Crippen molar-refractivity contribution >= 4 is 28.2 Å². The fourth-order valence-electron chi connectivity index (χ4n) is 1.15. The molecule has 5 heteroatoms. The Labute approximate surface area is 145 Å². The summed E-state index contributed by atoms with van der Waals surface area (Å²) < 4.78 is 0.417. The Morgan fingerprint density at radius 3 is 1.09 bits per heavy atom. The zero-order valence-electron chi connectivity index (χ0n) is 13.5. The maximum absolute atomic E-state index is 10.1. The fraction of sp³-hybridized carbons (Fsp3) is 0.222. The molecule has 0 amide bonds. The zero-order valence-corrected chi connectivity index (χ0v) is 14.6. The van der Waals surface area contributed by atoms with Crippen LogP contribution in [0.4, 0.5) is 0 Å². The molecule has 0 aromatic heterocycles. The van der Waals surface area contributed by atoms with Crippen LogP contribution in [-0.2, 0) is 0 Å². The van der Waals surface area contributed by atoms with Gasteiger partial charge >= 0.3 is 41.3 Å². The molecule has 0 saturated heterocycles. The Bertz CT molecular complexity index is 534. The predicted octanol–water partition coefficient (Wildman–Crippen LogP) is 1.47. The second-order valence-corrected chi connectivity index (χ2v) is 7.41. The molecule has 0 spiro atoms. The van der Waals surface area contributed by atoms with E-state index in [0.29, 0.717) is 4.28 Å². The van der Waals surface area contributed by atoms with E-state index in [1.165, 1.54) is 24.3 Å². The normalized spacial score (nSPS) is 9.61. The Morgan fingerprint density at radius 1 is 0.739 bits per heavy atom. The van der Waals surface area contributed by atoms with Crippen molar-refractivity contribution < 1.29 is 19.8 Å². The molecule has 0 N–H and O–H groups in total. The second kappa shape index (κ2) is 10.6. The van der Waals surface area contributed by atoms with Crippen LogP contribution in [0.15, 0.2) is 60.7 Å². The first-order chi connectivity index (χ1) is 10.6. The topological polar surface area (TPSA) is 80.3 Å². The first-order valence-electron chi connectivity index (χ1n) is 6.93. The molecule has 2 rings (SSSR count). The van der Waals surface area contributed by atoms with Crippen LogP contribution in [0.1, 0.15) is 41.5 Å². The standard InChI is InChI=1S/2C7H6O2.C4H9.Al/c2*8-7(9)6-4-2-1-3-5-6;1-4(2)3;/h2*1-5H,(H,8,9);1-3H3;/q;;;+2/p-2. The van der Waals surface area contributed by atoms with Crippen molar-refractivity contribution in [2.45, 2.75) is 25.0 Å². The third-order valence-corrected chi connectivity index (χ3v) is 2.02. The number of hydrogen-bond donors (Lipinski definition) is 0. The van der Waals surface area contributed by atoms with Crippen molar-refractivity contribution in [3.05, 3.63) is 71.8 Å². The van der Waals surface area contributed by atoms with Gasteiger partial charge in [0.2, 0.25) is 0 Å². The van der Waals surface area contributed by atoms with Crippen molar-refractivity contribution in [1.82, 2.24) is 0 Å². The van der Waals surface area contributed by atoms with Gasteiger partial charge in [0.25, 0.3) is 0 Å². The number of hydrogen-bond acceptors (Lipinski definition) is 4. The molecule has 0 unspecified atom stereocenters. The molecule has 0 aliphatic heterocycles. The Kier molecular flexibility index (Phi) is 9.64. The van der Waals surface area contributed by atoms with Gasteiger partial charge in [-0.15, -0.1) is 0 Å². The van der Waals surface area contributed by atoms with E-state index >= 15 is 0 Å². The van der Waals surface area contributed by atoms with Crippen LogP contribution in [0.25, 0.3) is 0 Å². The SMILES string of the molecule is C[C](C)(C)[Al+2].O=C([O-])c1ccccc1.O=C([O-])c1ccccc1. The molecule has 4 nitrogen and oxygen atoms in total. The van der Waals surface area contributed by atoms with Gasteiger partial charge in [0, 0.05) is 0 Å². The van der Waals surface area contributed by atoms with Gasteiger partial charge in [-0.2, -0.15) is 0 Å². The molecule has 0 heterocycles. The smallest absolute Gasteiger partial charge is 0.0715 e. The number of carbonyl (C=O) groups is 2. The van der Waals surface area contributed by atoms with E-state index < -0.39 is 11.9 Å². The monoisotopic (exact) mass is 326 g/mol. The van der Waals surface area contributed by atoms with E-state index in [-0.39, 0.29) is 11.1 Å². The summed E-state index contributed by atoms with van der Waals surface area (Å²) in [6, 6.07) is 16.1. The summed E-state index contributed by atoms with van der Waals surface area (Å²) in [5.74, 6) is -2.26. The van der Waals surface area contributed by atoms with Crippen LogP contribution in [0.3, 0.4) is 0 Å². The van der Waals surface area contributed by atoms with Gasteiger partial charge in [-0.3, -0.25) is 0 Å². The Balaban J connectivity index is 0.000000332. The predicted molar refractivity (Wildman–Crippen MR) is 87.0 cm³/mol. The molecule has 0 saturated carbocycles. The quantitative estimate of drug-likeness (QED) is 0.783. The van der Waals surface area contributed by atoms with Gasteiger partial charge in [0.15, 0.2) is 0 Å². The Hall–Kier alpha value is -2.09. The third kappa shape index (κ3) is 13.3. The van der Waals surface area contributed by atoms with E-state index in [9.17, 15) is 19.8 Å². The molecule has 0 atom stereocenters. The summed E-state index contributed by atoms with van der Waals surface area (Å²) in [6.07, 6.45) is 0. The minimum absolute atomic E-state index is 0.220. The summed E-state index contributed by atoms with van der Waals surface area (Å²) in [5.41, 5.74) is 0.440. The first-order valence-corrected chi connectivity index (χ1v) is 7.50. The molecular formula is C18H19AlO4. The number of rotatable bonds is 2. The van der Waals surface area contributed by atoms with E-state index in [4.69, 9.17) is 0 Å². The van der Waals surface area contributed by atoms with Crippen LogP contribution in [0, 0.1) is 0 Å². The van der Waals surface area contributed by atoms with Crippen LogP contribution in [0.5, 0.6) is 0 Å². The Morgan fingerprint density at radius 2 is 0.957 bits per heavy atom. The van der Waals surface area contributed by atoms with E-state index in [1.807, 2.05) is 0 Å². The van der Waals surface area contributed by atoms with E-state index in [0.717, 1.165) is 0 Å². The van der Waals surface area contributed by atoms with Crippen molar-refractivity contribution in [2.75, 3.05) is 0 Å². The van der Waals surface area contributed by atoms with Crippen molar-refractivity contribution in [2.24, 2.45) is 0 Å². The molecule has 0 fully saturated rings. The van der Waals surface area contributed by atoms with Gasteiger partial charge < -0.3 is 19.8 Å². The molecule has 0 radical (unpaired) electrons. The molecule has 118 valence electrons. The summed E-state index contributed by atoms with van der Waals surface area (Å²) in [5, 5.41) is 20.2. The average Bonchev–Trinajstić information content (AvgIpc) is 2.48. The zero-order chi connectivity index (χ0) is 17.9. The fourth-order valence-corrected chi connectivity index (χ4v) is 1.15. The van der Waals surface area contributed by atoms with Gasteiger partial charge in [-0.05, 0) is 11.1 Å². The van der Waals surface area contributed by atoms with Gasteiger partial charge in [0.1, 0.15) is 0 Å². The third-order valence-electron chi connectivity index (χ3n) is 2.02. The van der Waals surface area contributed by atoms with Gasteiger partial charge in [-0.25, -0.2) is 0 Å². The molecule has 2 aromatic rings. The van der Waals surface area contributed by atoms with Crippen LogP contribution < -0.4 is 10.2 Å². The van der Waals surface area contributed by atoms with Gasteiger partial charge in [0.05, 0.1) is 11.9 Å². The van der Waals surface area contributed by atoms with Crippen molar-refractivity contribution in [1.29, 1.82) is 0 Å². The van der Waals surface area contributed by atoms with Crippen molar-refractivity contribution in [3.8, 4) is 0 Å². The van der Waals surface area contributed by atoms with E-state index in [2.05, 4.69) is 37.1 Å². The number of aromatic carboxylic acids is 2. The summed E-state index contributed by atoms with van der Waals surface area (Å²) in [6.45, 7) is 6.45. The largest absolute Gasteiger partial charge is 0.545 e. The second-order valence-electron chi connectivity index (χ2n) is 5.67. The molecule has 2 aromatic carbocycles. The number of carboxylic acid groups (broad SMARTS) is 2. The summed E-state index contributed by atoms with van der Waals surface area (Å²) in [7, 11) is 0. The minimum Gasteiger partial charge on any atom is -0.545 e.